The molecule has 0 radical (unpaired) electrons. The lowest BCUT2D eigenvalue weighted by Gasteiger charge is -2.34. The average Bonchev–Trinajstić information content (AvgIpc) is 2.46. The summed E-state index contributed by atoms with van der Waals surface area (Å²) in [6.07, 6.45) is -4.98. The number of alkyl halides is 3. The summed E-state index contributed by atoms with van der Waals surface area (Å²) in [5.74, 6) is 0. The van der Waals surface area contributed by atoms with E-state index in [1.54, 1.807) is 6.92 Å². The summed E-state index contributed by atoms with van der Waals surface area (Å²) >= 11 is 0. The summed E-state index contributed by atoms with van der Waals surface area (Å²) in [5.41, 5.74) is -0.877. The number of β-amino-alcohol motifs (C(OH)–C–C–N with tert-alkyl or cyclic N) is 1. The molecule has 5 nitrogen and oxygen atoms in total. The third-order valence-electron chi connectivity index (χ3n) is 3.67. The van der Waals surface area contributed by atoms with Crippen molar-refractivity contribution in [2.24, 2.45) is 0 Å². The molecule has 0 saturated carbocycles. The zero-order valence-electron chi connectivity index (χ0n) is 12.6. The number of benzene rings is 1. The molecule has 1 aliphatic heterocycles. The fourth-order valence-corrected chi connectivity index (χ4v) is 3.91. The van der Waals surface area contributed by atoms with Crippen LogP contribution in [0.3, 0.4) is 0 Å². The molecule has 0 aromatic heterocycles. The van der Waals surface area contributed by atoms with Crippen molar-refractivity contribution in [1.29, 1.82) is 0 Å². The van der Waals surface area contributed by atoms with E-state index in [-0.39, 0.29) is 18.0 Å². The van der Waals surface area contributed by atoms with Crippen molar-refractivity contribution in [3.8, 4) is 0 Å². The van der Waals surface area contributed by atoms with Crippen LogP contribution in [0.4, 0.5) is 13.2 Å². The lowest BCUT2D eigenvalue weighted by atomic mass is 10.2. The largest absolute Gasteiger partial charge is 0.416 e. The van der Waals surface area contributed by atoms with Gasteiger partial charge in [0.2, 0.25) is 10.0 Å². The number of piperazine rings is 1. The Morgan fingerprint density at radius 3 is 2.09 bits per heavy atom. The van der Waals surface area contributed by atoms with Gasteiger partial charge in [-0.05, 0) is 31.2 Å². The maximum Gasteiger partial charge on any atom is 0.416 e. The van der Waals surface area contributed by atoms with Crippen molar-refractivity contribution in [2.45, 2.75) is 24.1 Å². The standard InChI is InChI=1S/C14H19F3N2O3S/c1-11(20)10-18-6-8-19(9-7-18)23(21,22)13-4-2-12(3-5-13)14(15,16)17/h2-5,11,20H,6-10H2,1H3/t11-/m0/s1. The number of halogens is 3. The Morgan fingerprint density at radius 1 is 1.13 bits per heavy atom. The first-order valence-electron chi connectivity index (χ1n) is 7.18. The molecule has 2 rings (SSSR count). The molecule has 1 heterocycles. The summed E-state index contributed by atoms with van der Waals surface area (Å²) in [7, 11) is -3.80. The first-order chi connectivity index (χ1) is 10.6. The maximum absolute atomic E-state index is 12.5. The molecule has 1 atom stereocenters. The fraction of sp³-hybridized carbons (Fsp3) is 0.571. The molecular formula is C14H19F3N2O3S. The molecule has 130 valence electrons. The lowest BCUT2D eigenvalue weighted by molar-refractivity contribution is -0.137. The van der Waals surface area contributed by atoms with Crippen LogP contribution in [0.25, 0.3) is 0 Å². The van der Waals surface area contributed by atoms with Crippen molar-refractivity contribution >= 4 is 10.0 Å². The third-order valence-corrected chi connectivity index (χ3v) is 5.59. The Bertz CT molecular complexity index is 622. The smallest absolute Gasteiger partial charge is 0.392 e. The Balaban J connectivity index is 2.08. The molecule has 0 bridgehead atoms. The summed E-state index contributed by atoms with van der Waals surface area (Å²) < 4.78 is 63.8. The van der Waals surface area contributed by atoms with Gasteiger partial charge in [-0.3, -0.25) is 4.90 Å². The van der Waals surface area contributed by atoms with Crippen LogP contribution in [0.5, 0.6) is 0 Å². The topological polar surface area (TPSA) is 60.9 Å². The van der Waals surface area contributed by atoms with Crippen LogP contribution in [-0.4, -0.2) is 61.6 Å². The highest BCUT2D eigenvalue weighted by Crippen LogP contribution is 2.30. The molecule has 1 fully saturated rings. The quantitative estimate of drug-likeness (QED) is 0.890. The Hall–Kier alpha value is -1.16. The second-order valence-electron chi connectivity index (χ2n) is 5.58. The van der Waals surface area contributed by atoms with E-state index < -0.39 is 27.9 Å². The van der Waals surface area contributed by atoms with E-state index in [2.05, 4.69) is 0 Å². The van der Waals surface area contributed by atoms with Crippen LogP contribution in [-0.2, 0) is 16.2 Å². The number of aliphatic hydroxyl groups is 1. The highest BCUT2D eigenvalue weighted by atomic mass is 32.2. The molecule has 1 N–H and O–H groups in total. The zero-order valence-corrected chi connectivity index (χ0v) is 13.4. The van der Waals surface area contributed by atoms with Gasteiger partial charge in [-0.25, -0.2) is 8.42 Å². The molecule has 0 spiro atoms. The highest BCUT2D eigenvalue weighted by Gasteiger charge is 2.32. The van der Waals surface area contributed by atoms with E-state index in [1.165, 1.54) is 4.31 Å². The van der Waals surface area contributed by atoms with Gasteiger partial charge in [0.05, 0.1) is 16.6 Å². The summed E-state index contributed by atoms with van der Waals surface area (Å²) in [6, 6.07) is 3.52. The predicted molar refractivity (Wildman–Crippen MR) is 78.3 cm³/mol. The second kappa shape index (κ2) is 6.76. The monoisotopic (exact) mass is 352 g/mol. The van der Waals surface area contributed by atoms with E-state index in [4.69, 9.17) is 0 Å². The Kier molecular flexibility index (Phi) is 5.34. The van der Waals surface area contributed by atoms with E-state index in [1.807, 2.05) is 4.90 Å². The van der Waals surface area contributed by atoms with E-state index >= 15 is 0 Å². The molecule has 1 aromatic rings. The molecule has 23 heavy (non-hydrogen) atoms. The summed E-state index contributed by atoms with van der Waals surface area (Å²) in [5, 5.41) is 9.33. The van der Waals surface area contributed by atoms with Crippen molar-refractivity contribution in [2.75, 3.05) is 32.7 Å². The van der Waals surface area contributed by atoms with Crippen LogP contribution < -0.4 is 0 Å². The zero-order chi connectivity index (χ0) is 17.3. The van der Waals surface area contributed by atoms with Crippen LogP contribution in [0.15, 0.2) is 29.2 Å². The van der Waals surface area contributed by atoms with E-state index in [0.717, 1.165) is 24.3 Å². The SMILES string of the molecule is C[C@H](O)CN1CCN(S(=O)(=O)c2ccc(C(F)(F)F)cc2)CC1. The van der Waals surface area contributed by atoms with Crippen LogP contribution >= 0.6 is 0 Å². The number of rotatable bonds is 4. The second-order valence-corrected chi connectivity index (χ2v) is 7.51. The minimum atomic E-state index is -4.49. The van der Waals surface area contributed by atoms with E-state index in [9.17, 15) is 26.7 Å². The Morgan fingerprint density at radius 2 is 1.65 bits per heavy atom. The van der Waals surface area contributed by atoms with Crippen molar-refractivity contribution in [1.82, 2.24) is 9.21 Å². The predicted octanol–water partition coefficient (Wildman–Crippen LogP) is 1.39. The molecule has 0 unspecified atom stereocenters. The summed E-state index contributed by atoms with van der Waals surface area (Å²) in [4.78, 5) is 1.80. The van der Waals surface area contributed by atoms with Gasteiger partial charge in [0.25, 0.3) is 0 Å². The van der Waals surface area contributed by atoms with Gasteiger partial charge < -0.3 is 5.11 Å². The van der Waals surface area contributed by atoms with Gasteiger partial charge in [0, 0.05) is 32.7 Å². The highest BCUT2D eigenvalue weighted by molar-refractivity contribution is 7.89. The number of hydrogen-bond acceptors (Lipinski definition) is 4. The van der Waals surface area contributed by atoms with Gasteiger partial charge in [0.1, 0.15) is 0 Å². The van der Waals surface area contributed by atoms with Gasteiger partial charge in [-0.1, -0.05) is 0 Å². The number of nitrogens with zero attached hydrogens (tertiary/aromatic N) is 2. The van der Waals surface area contributed by atoms with Crippen LogP contribution in [0.1, 0.15) is 12.5 Å². The first kappa shape index (κ1) is 18.2. The maximum atomic E-state index is 12.5. The average molecular weight is 352 g/mol. The first-order valence-corrected chi connectivity index (χ1v) is 8.62. The van der Waals surface area contributed by atoms with Gasteiger partial charge in [0.15, 0.2) is 0 Å². The van der Waals surface area contributed by atoms with E-state index in [0.29, 0.717) is 19.6 Å². The Labute approximate surface area is 133 Å². The molecule has 1 saturated heterocycles. The van der Waals surface area contributed by atoms with Gasteiger partial charge in [-0.15, -0.1) is 0 Å². The molecule has 0 aliphatic carbocycles. The minimum Gasteiger partial charge on any atom is -0.392 e. The third kappa shape index (κ3) is 4.43. The number of aliphatic hydroxyl groups excluding tert-OH is 1. The van der Waals surface area contributed by atoms with Crippen molar-refractivity contribution in [3.05, 3.63) is 29.8 Å². The molecule has 1 aromatic carbocycles. The van der Waals surface area contributed by atoms with Crippen molar-refractivity contribution < 1.29 is 26.7 Å². The van der Waals surface area contributed by atoms with Crippen molar-refractivity contribution in [3.63, 3.8) is 0 Å². The van der Waals surface area contributed by atoms with Crippen LogP contribution in [0, 0.1) is 0 Å². The number of sulfonamides is 1. The molecular weight excluding hydrogens is 333 g/mol. The number of hydrogen-bond donors (Lipinski definition) is 1. The van der Waals surface area contributed by atoms with Gasteiger partial charge in [-0.2, -0.15) is 17.5 Å². The minimum absolute atomic E-state index is 0.144. The fourth-order valence-electron chi connectivity index (χ4n) is 2.49. The lowest BCUT2D eigenvalue weighted by Crippen LogP contribution is -2.50. The van der Waals surface area contributed by atoms with Crippen LogP contribution in [0.2, 0.25) is 0 Å². The van der Waals surface area contributed by atoms with Gasteiger partial charge >= 0.3 is 6.18 Å². The molecule has 0 amide bonds. The molecule has 1 aliphatic rings. The molecule has 9 heteroatoms. The normalized spacial score (nSPS) is 19.7. The summed E-state index contributed by atoms with van der Waals surface area (Å²) in [6.45, 7) is 3.57.